The highest BCUT2D eigenvalue weighted by atomic mass is 32.2. The Hall–Kier alpha value is -5.17. The lowest BCUT2D eigenvalue weighted by Crippen LogP contribution is -2.23. The molecule has 0 saturated heterocycles. The summed E-state index contributed by atoms with van der Waals surface area (Å²) in [6.07, 6.45) is 3.52. The van der Waals surface area contributed by atoms with Gasteiger partial charge in [0.2, 0.25) is 5.88 Å². The number of ether oxygens (including phenoxy) is 2. The van der Waals surface area contributed by atoms with Crippen LogP contribution in [0.25, 0.3) is 11.8 Å². The summed E-state index contributed by atoms with van der Waals surface area (Å²) in [6, 6.07) is 8.99. The average Bonchev–Trinajstić information content (AvgIpc) is 3.48. The number of aromatic nitrogens is 2. The van der Waals surface area contributed by atoms with Crippen LogP contribution in [0.3, 0.4) is 0 Å². The first-order chi connectivity index (χ1) is 21.1. The lowest BCUT2D eigenvalue weighted by Gasteiger charge is -2.11. The number of amides is 1. The maximum atomic E-state index is 13.3. The molecule has 4 rings (SSSR count). The summed E-state index contributed by atoms with van der Waals surface area (Å²) < 4.78 is 75.1. The van der Waals surface area contributed by atoms with Gasteiger partial charge in [-0.25, -0.2) is 9.48 Å². The first kappa shape index (κ1) is 32.7. The Morgan fingerprint density at radius 3 is 1.98 bits per heavy atom. The van der Waals surface area contributed by atoms with Crippen LogP contribution < -0.4 is 15.3 Å². The number of rotatable bonds is 10. The summed E-state index contributed by atoms with van der Waals surface area (Å²) in [6.45, 7) is 3.02. The van der Waals surface area contributed by atoms with E-state index in [9.17, 15) is 45.1 Å². The van der Waals surface area contributed by atoms with Gasteiger partial charge in [-0.15, -0.1) is 0 Å². The normalized spacial score (nSPS) is 14.7. The molecule has 1 aromatic heterocycles. The Morgan fingerprint density at radius 1 is 0.911 bits per heavy atom. The van der Waals surface area contributed by atoms with Gasteiger partial charge < -0.3 is 9.47 Å². The molecule has 0 spiro atoms. The Balaban J connectivity index is 1.74. The van der Waals surface area contributed by atoms with Gasteiger partial charge in [-0.1, -0.05) is 13.0 Å². The van der Waals surface area contributed by atoms with Crippen LogP contribution in [0, 0.1) is 0 Å². The number of anilines is 1. The van der Waals surface area contributed by atoms with Gasteiger partial charge in [-0.3, -0.25) is 28.6 Å². The second-order valence-electron chi connectivity index (χ2n) is 8.99. The molecule has 0 fully saturated rings. The molecule has 1 amide bonds. The Labute approximate surface area is 255 Å². The van der Waals surface area contributed by atoms with Crippen molar-refractivity contribution in [3.8, 4) is 11.6 Å². The van der Waals surface area contributed by atoms with Gasteiger partial charge in [-0.05, 0) is 67.6 Å². The van der Waals surface area contributed by atoms with Gasteiger partial charge in [0.15, 0.2) is 5.71 Å². The standard InChI is InChI=1S/C27H24N4O12S2/c1-3-22(32)43-24-21(26(34)31(29-24)17-10-14-19(15-11-17)45(39,40)41)7-5-6-20-23(27(35)42-4-2)28-30(25(20)33)16-8-12-18(13-9-16)44(36,37)38/h5-15,29H,3-4H2,1-2H3,(H,36,37,38)(H,39,40,41). The highest BCUT2D eigenvalue weighted by Crippen LogP contribution is 2.26. The van der Waals surface area contributed by atoms with Crippen LogP contribution in [0.15, 0.2) is 85.9 Å². The zero-order chi connectivity index (χ0) is 33.1. The SMILES string of the molecule is CCOC(=O)C1=NN(c2ccc(S(=O)(=O)O)cc2)C(=O)C1=CC=Cc1c(OC(=O)CC)[nH]n(-c2ccc(S(=O)(=O)O)cc2)c1=O. The fourth-order valence-corrected chi connectivity index (χ4v) is 4.84. The maximum absolute atomic E-state index is 13.3. The fourth-order valence-electron chi connectivity index (χ4n) is 3.88. The number of benzene rings is 2. The van der Waals surface area contributed by atoms with Crippen molar-refractivity contribution in [3.05, 3.63) is 82.2 Å². The molecule has 0 radical (unpaired) electrons. The van der Waals surface area contributed by atoms with Crippen LogP contribution in [0.4, 0.5) is 5.69 Å². The molecule has 236 valence electrons. The van der Waals surface area contributed by atoms with Crippen molar-refractivity contribution < 1.29 is 49.8 Å². The first-order valence-electron chi connectivity index (χ1n) is 12.9. The Kier molecular flexibility index (Phi) is 9.33. The topological polar surface area (TPSA) is 232 Å². The van der Waals surface area contributed by atoms with Crippen molar-refractivity contribution in [2.75, 3.05) is 11.6 Å². The molecule has 0 aliphatic carbocycles. The van der Waals surface area contributed by atoms with E-state index in [2.05, 4.69) is 10.2 Å². The summed E-state index contributed by atoms with van der Waals surface area (Å²) in [4.78, 5) is 50.4. The molecular formula is C27H24N4O12S2. The third-order valence-corrected chi connectivity index (χ3v) is 7.78. The minimum Gasteiger partial charge on any atom is -0.461 e. The average molecular weight is 661 g/mol. The van der Waals surface area contributed by atoms with E-state index in [0.29, 0.717) is 0 Å². The van der Waals surface area contributed by atoms with E-state index >= 15 is 0 Å². The number of esters is 2. The predicted molar refractivity (Wildman–Crippen MR) is 157 cm³/mol. The van der Waals surface area contributed by atoms with Crippen molar-refractivity contribution in [3.63, 3.8) is 0 Å². The molecule has 18 heteroatoms. The molecule has 2 aromatic carbocycles. The van der Waals surface area contributed by atoms with Crippen molar-refractivity contribution in [1.29, 1.82) is 0 Å². The van der Waals surface area contributed by atoms with Gasteiger partial charge in [-0.2, -0.15) is 26.9 Å². The fraction of sp³-hybridized carbons (Fsp3) is 0.148. The molecule has 1 aliphatic heterocycles. The monoisotopic (exact) mass is 660 g/mol. The molecule has 0 atom stereocenters. The van der Waals surface area contributed by atoms with Crippen LogP contribution in [0.1, 0.15) is 25.8 Å². The van der Waals surface area contributed by atoms with Gasteiger partial charge in [0.1, 0.15) is 5.56 Å². The smallest absolute Gasteiger partial charge is 0.359 e. The number of carbonyl (C=O) groups excluding carboxylic acids is 3. The van der Waals surface area contributed by atoms with E-state index in [1.165, 1.54) is 50.3 Å². The summed E-state index contributed by atoms with van der Waals surface area (Å²) in [5.74, 6) is -2.74. The summed E-state index contributed by atoms with van der Waals surface area (Å²) in [7, 11) is -9.00. The third kappa shape index (κ3) is 7.15. The predicted octanol–water partition coefficient (Wildman–Crippen LogP) is 1.88. The number of nitrogens with zero attached hydrogens (tertiary/aromatic N) is 3. The van der Waals surface area contributed by atoms with E-state index in [0.717, 1.165) is 40.0 Å². The van der Waals surface area contributed by atoms with Crippen molar-refractivity contribution in [2.24, 2.45) is 5.10 Å². The third-order valence-electron chi connectivity index (χ3n) is 6.04. The van der Waals surface area contributed by atoms with Gasteiger partial charge in [0.05, 0.1) is 33.3 Å². The minimum absolute atomic E-state index is 0.0432. The number of H-pyrrole nitrogens is 1. The highest BCUT2D eigenvalue weighted by Gasteiger charge is 2.36. The van der Waals surface area contributed by atoms with Gasteiger partial charge in [0.25, 0.3) is 31.7 Å². The summed E-state index contributed by atoms with van der Waals surface area (Å²) >= 11 is 0. The maximum Gasteiger partial charge on any atom is 0.359 e. The molecule has 0 unspecified atom stereocenters. The summed E-state index contributed by atoms with van der Waals surface area (Å²) in [5.41, 5.74) is -1.41. The van der Waals surface area contributed by atoms with Crippen LogP contribution in [-0.4, -0.2) is 65.9 Å². The van der Waals surface area contributed by atoms with Crippen LogP contribution in [-0.2, 0) is 39.4 Å². The molecule has 2 heterocycles. The zero-order valence-electron chi connectivity index (χ0n) is 23.4. The molecular weight excluding hydrogens is 636 g/mol. The van der Waals surface area contributed by atoms with Crippen molar-refractivity contribution >= 4 is 55.6 Å². The number of aromatic amines is 1. The van der Waals surface area contributed by atoms with Gasteiger partial charge in [0, 0.05) is 6.42 Å². The number of allylic oxidation sites excluding steroid dienone is 2. The lowest BCUT2D eigenvalue weighted by atomic mass is 10.1. The van der Waals surface area contributed by atoms with E-state index in [-0.39, 0.29) is 41.4 Å². The number of hydrogen-bond donors (Lipinski definition) is 3. The Morgan fingerprint density at radius 2 is 1.47 bits per heavy atom. The summed E-state index contributed by atoms with van der Waals surface area (Å²) in [5, 5.41) is 7.44. The highest BCUT2D eigenvalue weighted by molar-refractivity contribution is 7.86. The molecule has 3 aromatic rings. The van der Waals surface area contributed by atoms with Crippen LogP contribution in [0.5, 0.6) is 5.88 Å². The molecule has 3 N–H and O–H groups in total. The minimum atomic E-state index is -4.51. The molecule has 45 heavy (non-hydrogen) atoms. The number of hydrazone groups is 1. The lowest BCUT2D eigenvalue weighted by molar-refractivity contribution is -0.135. The first-order valence-corrected chi connectivity index (χ1v) is 15.7. The van der Waals surface area contributed by atoms with Crippen LogP contribution in [0.2, 0.25) is 0 Å². The number of carbonyl (C=O) groups is 3. The van der Waals surface area contributed by atoms with Crippen molar-refractivity contribution in [2.45, 2.75) is 30.1 Å². The largest absolute Gasteiger partial charge is 0.461 e. The molecule has 1 aliphatic rings. The van der Waals surface area contributed by atoms with E-state index < -0.39 is 59.1 Å². The molecule has 16 nitrogen and oxygen atoms in total. The van der Waals surface area contributed by atoms with E-state index in [4.69, 9.17) is 9.47 Å². The van der Waals surface area contributed by atoms with Gasteiger partial charge >= 0.3 is 11.9 Å². The second kappa shape index (κ2) is 12.8. The van der Waals surface area contributed by atoms with E-state index in [1.54, 1.807) is 0 Å². The quantitative estimate of drug-likeness (QED) is 0.161. The van der Waals surface area contributed by atoms with Crippen molar-refractivity contribution in [1.82, 2.24) is 9.78 Å². The number of nitrogens with one attached hydrogen (secondary N) is 1. The van der Waals surface area contributed by atoms with Crippen LogP contribution >= 0.6 is 0 Å². The molecule has 0 saturated carbocycles. The second-order valence-corrected chi connectivity index (χ2v) is 11.8. The Bertz CT molecular complexity index is 2040. The van der Waals surface area contributed by atoms with E-state index in [1.807, 2.05) is 0 Å². The zero-order valence-corrected chi connectivity index (χ0v) is 25.0. The molecule has 0 bridgehead atoms. The number of hydrogen-bond acceptors (Lipinski definition) is 11.